The van der Waals surface area contributed by atoms with Gasteiger partial charge in [-0.15, -0.1) is 0 Å². The summed E-state index contributed by atoms with van der Waals surface area (Å²) < 4.78 is 11.7. The molecule has 0 fully saturated rings. The molecule has 2 aromatic rings. The lowest BCUT2D eigenvalue weighted by molar-refractivity contribution is 0.403. The normalized spacial score (nSPS) is 12.0. The fourth-order valence-electron chi connectivity index (χ4n) is 2.37. The summed E-state index contributed by atoms with van der Waals surface area (Å²) in [5.74, 6) is 7.40. The van der Waals surface area contributed by atoms with Crippen molar-refractivity contribution in [1.29, 1.82) is 0 Å². The number of methoxy groups -OCH3 is 2. The number of hydrogen-bond donors (Lipinski definition) is 2. The van der Waals surface area contributed by atoms with Crippen molar-refractivity contribution in [3.63, 3.8) is 0 Å². The van der Waals surface area contributed by atoms with Gasteiger partial charge in [-0.05, 0) is 42.3 Å². The third-order valence-electron chi connectivity index (χ3n) is 3.46. The van der Waals surface area contributed by atoms with Crippen molar-refractivity contribution in [3.8, 4) is 11.5 Å². The van der Waals surface area contributed by atoms with Crippen LogP contribution in [0.4, 0.5) is 0 Å². The molecule has 0 spiro atoms. The standard InChI is InChI=1S/C16H19BrN2O2/c1-10-8-12(20-2)5-7-13(10)16(19-18)14-6-4-11(17)9-15(14)21-3/h4-9,16,19H,18H2,1-3H3. The number of halogens is 1. The molecule has 0 aliphatic carbocycles. The van der Waals surface area contributed by atoms with Crippen molar-refractivity contribution < 1.29 is 9.47 Å². The molecule has 0 amide bonds. The molecule has 5 heteroatoms. The summed E-state index contributed by atoms with van der Waals surface area (Å²) in [6.45, 7) is 2.04. The smallest absolute Gasteiger partial charge is 0.125 e. The highest BCUT2D eigenvalue weighted by atomic mass is 79.9. The Balaban J connectivity index is 2.49. The molecule has 3 N–H and O–H groups in total. The van der Waals surface area contributed by atoms with Gasteiger partial charge in [0.05, 0.1) is 20.3 Å². The van der Waals surface area contributed by atoms with Crippen LogP contribution in [-0.4, -0.2) is 14.2 Å². The lowest BCUT2D eigenvalue weighted by Crippen LogP contribution is -2.29. The predicted octanol–water partition coefficient (Wildman–Crippen LogP) is 3.33. The number of rotatable bonds is 5. The average Bonchev–Trinajstić information content (AvgIpc) is 2.50. The highest BCUT2D eigenvalue weighted by Crippen LogP contribution is 2.34. The average molecular weight is 351 g/mol. The molecule has 0 aliphatic heterocycles. The van der Waals surface area contributed by atoms with Gasteiger partial charge in [0.1, 0.15) is 11.5 Å². The summed E-state index contributed by atoms with van der Waals surface area (Å²) in [7, 11) is 3.31. The molecule has 1 unspecified atom stereocenters. The van der Waals surface area contributed by atoms with Crippen LogP contribution in [0.25, 0.3) is 0 Å². The molecule has 112 valence electrons. The molecular weight excluding hydrogens is 332 g/mol. The van der Waals surface area contributed by atoms with Gasteiger partial charge in [-0.2, -0.15) is 0 Å². The Hall–Kier alpha value is -1.56. The van der Waals surface area contributed by atoms with E-state index >= 15 is 0 Å². The van der Waals surface area contributed by atoms with Crippen molar-refractivity contribution >= 4 is 15.9 Å². The first-order valence-corrected chi connectivity index (χ1v) is 7.34. The maximum Gasteiger partial charge on any atom is 0.125 e. The van der Waals surface area contributed by atoms with E-state index in [-0.39, 0.29) is 6.04 Å². The second-order valence-electron chi connectivity index (χ2n) is 4.71. The summed E-state index contributed by atoms with van der Waals surface area (Å²) in [6, 6.07) is 11.7. The Morgan fingerprint density at radius 3 is 2.33 bits per heavy atom. The predicted molar refractivity (Wildman–Crippen MR) is 87.6 cm³/mol. The SMILES string of the molecule is COc1ccc(C(NN)c2ccc(Br)cc2OC)c(C)c1. The van der Waals surface area contributed by atoms with Crippen LogP contribution in [0, 0.1) is 6.92 Å². The van der Waals surface area contributed by atoms with Crippen LogP contribution in [0.3, 0.4) is 0 Å². The lowest BCUT2D eigenvalue weighted by atomic mass is 9.94. The topological polar surface area (TPSA) is 56.5 Å². The molecule has 2 rings (SSSR count). The Morgan fingerprint density at radius 2 is 1.76 bits per heavy atom. The fourth-order valence-corrected chi connectivity index (χ4v) is 2.71. The molecule has 2 aromatic carbocycles. The molecule has 21 heavy (non-hydrogen) atoms. The third-order valence-corrected chi connectivity index (χ3v) is 3.95. The summed E-state index contributed by atoms with van der Waals surface area (Å²) in [4.78, 5) is 0. The summed E-state index contributed by atoms with van der Waals surface area (Å²) in [6.07, 6.45) is 0. The lowest BCUT2D eigenvalue weighted by Gasteiger charge is -2.22. The number of nitrogens with one attached hydrogen (secondary N) is 1. The van der Waals surface area contributed by atoms with Gasteiger partial charge >= 0.3 is 0 Å². The molecule has 4 nitrogen and oxygen atoms in total. The Kier molecular flexibility index (Phi) is 5.22. The van der Waals surface area contributed by atoms with E-state index < -0.39 is 0 Å². The second kappa shape index (κ2) is 6.93. The minimum atomic E-state index is -0.154. The number of hydrogen-bond acceptors (Lipinski definition) is 4. The van der Waals surface area contributed by atoms with Gasteiger partial charge in [0.25, 0.3) is 0 Å². The minimum absolute atomic E-state index is 0.154. The van der Waals surface area contributed by atoms with Crippen LogP contribution in [0.1, 0.15) is 22.7 Å². The van der Waals surface area contributed by atoms with E-state index in [1.807, 2.05) is 43.3 Å². The molecule has 0 radical (unpaired) electrons. The number of aryl methyl sites for hydroxylation is 1. The third kappa shape index (κ3) is 3.37. The minimum Gasteiger partial charge on any atom is -0.497 e. The number of benzene rings is 2. The van der Waals surface area contributed by atoms with Crippen molar-refractivity contribution in [3.05, 3.63) is 57.6 Å². The van der Waals surface area contributed by atoms with Crippen LogP contribution in [0.15, 0.2) is 40.9 Å². The Morgan fingerprint density at radius 1 is 1.05 bits per heavy atom. The number of hydrazine groups is 1. The van der Waals surface area contributed by atoms with Gasteiger partial charge < -0.3 is 9.47 Å². The van der Waals surface area contributed by atoms with E-state index in [9.17, 15) is 0 Å². The zero-order valence-corrected chi connectivity index (χ0v) is 13.9. The molecule has 0 heterocycles. The van der Waals surface area contributed by atoms with Crippen LogP contribution < -0.4 is 20.7 Å². The van der Waals surface area contributed by atoms with Crippen molar-refractivity contribution in [2.24, 2.45) is 5.84 Å². The highest BCUT2D eigenvalue weighted by molar-refractivity contribution is 9.10. The molecular formula is C16H19BrN2O2. The summed E-state index contributed by atoms with van der Waals surface area (Å²) in [5, 5.41) is 0. The fraction of sp³-hybridized carbons (Fsp3) is 0.250. The monoisotopic (exact) mass is 350 g/mol. The largest absolute Gasteiger partial charge is 0.497 e. The van der Waals surface area contributed by atoms with Crippen LogP contribution in [0.2, 0.25) is 0 Å². The first-order chi connectivity index (χ1) is 10.1. The van der Waals surface area contributed by atoms with Crippen LogP contribution >= 0.6 is 15.9 Å². The Labute approximate surface area is 133 Å². The van der Waals surface area contributed by atoms with E-state index in [0.717, 1.165) is 32.7 Å². The van der Waals surface area contributed by atoms with E-state index in [0.29, 0.717) is 0 Å². The second-order valence-corrected chi connectivity index (χ2v) is 5.62. The van der Waals surface area contributed by atoms with E-state index in [2.05, 4.69) is 21.4 Å². The van der Waals surface area contributed by atoms with Crippen molar-refractivity contribution in [2.45, 2.75) is 13.0 Å². The maximum atomic E-state index is 5.79. The molecule has 0 saturated carbocycles. The van der Waals surface area contributed by atoms with Gasteiger partial charge in [0.15, 0.2) is 0 Å². The zero-order chi connectivity index (χ0) is 15.4. The molecule has 0 aliphatic rings. The maximum absolute atomic E-state index is 5.79. The zero-order valence-electron chi connectivity index (χ0n) is 12.3. The first kappa shape index (κ1) is 15.8. The molecule has 1 atom stereocenters. The van der Waals surface area contributed by atoms with Gasteiger partial charge in [-0.1, -0.05) is 28.1 Å². The summed E-state index contributed by atoms with van der Waals surface area (Å²) >= 11 is 3.45. The van der Waals surface area contributed by atoms with Gasteiger partial charge in [0.2, 0.25) is 0 Å². The first-order valence-electron chi connectivity index (χ1n) is 6.54. The van der Waals surface area contributed by atoms with Gasteiger partial charge in [-0.3, -0.25) is 5.84 Å². The highest BCUT2D eigenvalue weighted by Gasteiger charge is 2.19. The Bertz CT molecular complexity index is 632. The van der Waals surface area contributed by atoms with E-state index in [1.54, 1.807) is 14.2 Å². The van der Waals surface area contributed by atoms with E-state index in [1.165, 1.54) is 0 Å². The van der Waals surface area contributed by atoms with Crippen molar-refractivity contribution in [2.75, 3.05) is 14.2 Å². The van der Waals surface area contributed by atoms with Crippen LogP contribution in [-0.2, 0) is 0 Å². The molecule has 0 saturated heterocycles. The number of nitrogens with two attached hydrogens (primary N) is 1. The molecule has 0 aromatic heterocycles. The van der Waals surface area contributed by atoms with Gasteiger partial charge in [-0.25, -0.2) is 5.43 Å². The van der Waals surface area contributed by atoms with E-state index in [4.69, 9.17) is 15.3 Å². The van der Waals surface area contributed by atoms with Gasteiger partial charge in [0, 0.05) is 10.0 Å². The quantitative estimate of drug-likeness (QED) is 0.641. The number of ether oxygens (including phenoxy) is 2. The van der Waals surface area contributed by atoms with Crippen molar-refractivity contribution in [1.82, 2.24) is 5.43 Å². The van der Waals surface area contributed by atoms with Crippen LogP contribution in [0.5, 0.6) is 11.5 Å². The molecule has 0 bridgehead atoms. The summed E-state index contributed by atoms with van der Waals surface area (Å²) in [5.41, 5.74) is 6.04.